The van der Waals surface area contributed by atoms with Crippen LogP contribution in [0.15, 0.2) is 49.1 Å². The van der Waals surface area contributed by atoms with Gasteiger partial charge in [0.1, 0.15) is 0 Å². The van der Waals surface area contributed by atoms with E-state index in [-0.39, 0.29) is 11.9 Å². The summed E-state index contributed by atoms with van der Waals surface area (Å²) >= 11 is 0. The number of piperidine rings is 1. The first kappa shape index (κ1) is 24.6. The van der Waals surface area contributed by atoms with Crippen molar-refractivity contribution in [2.75, 3.05) is 37.3 Å². The van der Waals surface area contributed by atoms with Crippen molar-refractivity contribution in [1.29, 1.82) is 0 Å². The van der Waals surface area contributed by atoms with E-state index in [2.05, 4.69) is 15.2 Å². The quantitative estimate of drug-likeness (QED) is 0.523. The Kier molecular flexibility index (Phi) is 5.95. The van der Waals surface area contributed by atoms with Gasteiger partial charge in [-0.2, -0.15) is 4.31 Å². The van der Waals surface area contributed by atoms with E-state index in [1.807, 2.05) is 46.6 Å². The summed E-state index contributed by atoms with van der Waals surface area (Å²) in [6.07, 6.45) is 12.5. The lowest BCUT2D eigenvalue weighted by atomic mass is 10.0. The smallest absolute Gasteiger partial charge is 0.270 e. The number of carbonyl (C=O) groups excluding carboxylic acids is 2. The lowest BCUT2D eigenvalue weighted by Gasteiger charge is -2.42. The van der Waals surface area contributed by atoms with Crippen molar-refractivity contribution in [3.05, 3.63) is 60.3 Å². The molecule has 1 fully saturated rings. The molecule has 11 nitrogen and oxygen atoms in total. The summed E-state index contributed by atoms with van der Waals surface area (Å²) in [6.45, 7) is 2.21. The van der Waals surface area contributed by atoms with Gasteiger partial charge < -0.3 is 30.7 Å². The second-order valence-corrected chi connectivity index (χ2v) is 12.2. The molecule has 1 aromatic carbocycles. The lowest BCUT2D eigenvalue weighted by Crippen LogP contribution is -2.56. The second-order valence-electron chi connectivity index (χ2n) is 10.2. The number of carbonyl (C=O) groups is 2. The number of hydrogen-bond acceptors (Lipinski definition) is 7. The second kappa shape index (κ2) is 9.21. The molecule has 4 N–H and O–H groups in total. The molecule has 1 aromatic heterocycles. The Morgan fingerprint density at radius 3 is 2.74 bits per heavy atom. The summed E-state index contributed by atoms with van der Waals surface area (Å²) in [5, 5.41) is 3.99. The number of rotatable bonds is 5. The average Bonchev–Trinajstić information content (AvgIpc) is 3.56. The van der Waals surface area contributed by atoms with Crippen molar-refractivity contribution in [3.8, 4) is 0 Å². The zero-order valence-electron chi connectivity index (χ0n) is 21.1. The van der Waals surface area contributed by atoms with Crippen LogP contribution in [-0.4, -0.2) is 84.0 Å². The van der Waals surface area contributed by atoms with Gasteiger partial charge in [-0.3, -0.25) is 9.59 Å². The van der Waals surface area contributed by atoms with Gasteiger partial charge in [0, 0.05) is 67.7 Å². The SMILES string of the molecule is CS(=O)(=O)N1CC=C(c2cc3c(N4CCC[C@@H](N5C=CN6C=CNC6C5=O)C4)ccc(C(N)=O)c3[nH]2)CC1. The molecule has 4 aliphatic rings. The number of nitrogens with one attached hydrogen (secondary N) is 2. The number of H-pyrrole nitrogens is 1. The molecule has 5 heterocycles. The molecule has 0 spiro atoms. The van der Waals surface area contributed by atoms with Gasteiger partial charge in [0.25, 0.3) is 11.8 Å². The minimum Gasteiger partial charge on any atom is -0.369 e. The number of aromatic nitrogens is 1. The topological polar surface area (TPSA) is 135 Å². The van der Waals surface area contributed by atoms with Crippen molar-refractivity contribution < 1.29 is 18.0 Å². The zero-order valence-corrected chi connectivity index (χ0v) is 21.9. The molecule has 0 aliphatic carbocycles. The fourth-order valence-electron chi connectivity index (χ4n) is 5.85. The monoisotopic (exact) mass is 537 g/mol. The van der Waals surface area contributed by atoms with Gasteiger partial charge in [-0.15, -0.1) is 0 Å². The number of aromatic amines is 1. The van der Waals surface area contributed by atoms with Crippen LogP contribution in [0.2, 0.25) is 0 Å². The summed E-state index contributed by atoms with van der Waals surface area (Å²) < 4.78 is 25.3. The fraction of sp³-hybridized carbons (Fsp3) is 0.385. The molecule has 200 valence electrons. The predicted molar refractivity (Wildman–Crippen MR) is 145 cm³/mol. The molecule has 0 saturated carbocycles. The van der Waals surface area contributed by atoms with E-state index in [0.717, 1.165) is 41.7 Å². The van der Waals surface area contributed by atoms with Crippen molar-refractivity contribution in [1.82, 2.24) is 24.4 Å². The van der Waals surface area contributed by atoms with E-state index < -0.39 is 22.1 Å². The summed E-state index contributed by atoms with van der Waals surface area (Å²) in [7, 11) is -3.25. The average molecular weight is 538 g/mol. The third-order valence-electron chi connectivity index (χ3n) is 7.84. The first-order chi connectivity index (χ1) is 18.2. The van der Waals surface area contributed by atoms with Crippen LogP contribution in [0, 0.1) is 0 Å². The van der Waals surface area contributed by atoms with E-state index in [1.54, 1.807) is 12.3 Å². The number of benzene rings is 1. The highest BCUT2D eigenvalue weighted by atomic mass is 32.2. The molecule has 2 atom stereocenters. The number of fused-ring (bicyclic) bond motifs is 2. The summed E-state index contributed by atoms with van der Waals surface area (Å²) in [5.74, 6) is -0.492. The Bertz CT molecular complexity index is 1510. The zero-order chi connectivity index (χ0) is 26.6. The van der Waals surface area contributed by atoms with Crippen molar-refractivity contribution >= 4 is 44.0 Å². The summed E-state index contributed by atoms with van der Waals surface area (Å²) in [4.78, 5) is 34.8. The predicted octanol–water partition coefficient (Wildman–Crippen LogP) is 1.30. The highest BCUT2D eigenvalue weighted by Crippen LogP contribution is 2.36. The van der Waals surface area contributed by atoms with Gasteiger partial charge in [0.15, 0.2) is 6.17 Å². The first-order valence-corrected chi connectivity index (χ1v) is 14.6. The highest BCUT2D eigenvalue weighted by Gasteiger charge is 2.37. The van der Waals surface area contributed by atoms with Crippen LogP contribution in [0.5, 0.6) is 0 Å². The van der Waals surface area contributed by atoms with Crippen molar-refractivity contribution in [2.45, 2.75) is 31.5 Å². The standard InChI is InChI=1S/C26H31N7O4S/c1-38(36,37)32-10-6-17(7-11-32)21-15-20-22(5-4-19(24(27)34)23(20)29-21)31-9-2-3-18(16-31)33-14-13-30-12-8-28-25(30)26(33)35/h4-6,8,12-15,18,25,28-29H,2-3,7,9-11,16H2,1H3,(H2,27,34)/t18-,25?/m1/s1. The van der Waals surface area contributed by atoms with Gasteiger partial charge in [-0.05, 0) is 43.0 Å². The van der Waals surface area contributed by atoms with Gasteiger partial charge >= 0.3 is 0 Å². The number of hydrogen-bond donors (Lipinski definition) is 3. The number of amides is 2. The molecule has 6 rings (SSSR count). The molecule has 2 aromatic rings. The van der Waals surface area contributed by atoms with Crippen LogP contribution < -0.4 is 16.0 Å². The van der Waals surface area contributed by atoms with Crippen molar-refractivity contribution in [2.24, 2.45) is 5.73 Å². The molecule has 12 heteroatoms. The summed E-state index contributed by atoms with van der Waals surface area (Å²) in [5.41, 5.74) is 9.62. The van der Waals surface area contributed by atoms with Crippen LogP contribution in [0.25, 0.3) is 16.5 Å². The van der Waals surface area contributed by atoms with Crippen molar-refractivity contribution in [3.63, 3.8) is 0 Å². The molecule has 1 saturated heterocycles. The minimum absolute atomic E-state index is 0.0179. The molecule has 38 heavy (non-hydrogen) atoms. The number of primary amides is 1. The maximum Gasteiger partial charge on any atom is 0.270 e. The van der Waals surface area contributed by atoms with Gasteiger partial charge in [-0.1, -0.05) is 6.08 Å². The number of nitrogens with zero attached hydrogens (tertiary/aromatic N) is 4. The minimum atomic E-state index is -3.25. The maximum absolute atomic E-state index is 13.2. The third kappa shape index (κ3) is 4.23. The molecule has 0 radical (unpaired) electrons. The van der Waals surface area contributed by atoms with Gasteiger partial charge in [0.2, 0.25) is 10.0 Å². The lowest BCUT2D eigenvalue weighted by molar-refractivity contribution is -0.136. The fourth-order valence-corrected chi connectivity index (χ4v) is 6.62. The highest BCUT2D eigenvalue weighted by molar-refractivity contribution is 7.88. The number of sulfonamides is 1. The van der Waals surface area contributed by atoms with Crippen LogP contribution in [0.4, 0.5) is 5.69 Å². The van der Waals surface area contributed by atoms with Crippen LogP contribution in [0.3, 0.4) is 0 Å². The van der Waals surface area contributed by atoms with Crippen LogP contribution in [-0.2, 0) is 14.8 Å². The normalized spacial score (nSPS) is 24.1. The Morgan fingerprint density at radius 2 is 2.00 bits per heavy atom. The first-order valence-electron chi connectivity index (χ1n) is 12.8. The Hall–Kier alpha value is -3.77. The largest absolute Gasteiger partial charge is 0.369 e. The number of anilines is 1. The molecule has 0 bridgehead atoms. The van der Waals surface area contributed by atoms with E-state index in [1.165, 1.54) is 10.6 Å². The Labute approximate surface area is 221 Å². The molecular formula is C26H31N7O4S. The maximum atomic E-state index is 13.2. The van der Waals surface area contributed by atoms with Gasteiger partial charge in [-0.25, -0.2) is 8.42 Å². The van der Waals surface area contributed by atoms with E-state index >= 15 is 0 Å². The Morgan fingerprint density at radius 1 is 1.16 bits per heavy atom. The number of nitrogens with two attached hydrogens (primary N) is 1. The summed E-state index contributed by atoms with van der Waals surface area (Å²) in [6, 6.07) is 5.73. The van der Waals surface area contributed by atoms with E-state index in [0.29, 0.717) is 37.1 Å². The Balaban J connectivity index is 1.31. The van der Waals surface area contributed by atoms with Crippen LogP contribution in [0.1, 0.15) is 35.3 Å². The third-order valence-corrected chi connectivity index (χ3v) is 9.11. The molecule has 1 unspecified atom stereocenters. The van der Waals surface area contributed by atoms with E-state index in [9.17, 15) is 18.0 Å². The molecular weight excluding hydrogens is 506 g/mol. The van der Waals surface area contributed by atoms with Gasteiger partial charge in [0.05, 0.1) is 23.4 Å². The molecule has 2 amide bonds. The van der Waals surface area contributed by atoms with E-state index in [4.69, 9.17) is 5.73 Å². The van der Waals surface area contributed by atoms with Crippen LogP contribution >= 0.6 is 0 Å². The molecule has 4 aliphatic heterocycles.